The fourth-order valence-corrected chi connectivity index (χ4v) is 4.61. The molecule has 0 radical (unpaired) electrons. The molecule has 0 bridgehead atoms. The number of anilines is 1. The van der Waals surface area contributed by atoms with Crippen LogP contribution >= 0.6 is 11.8 Å². The Morgan fingerprint density at radius 2 is 1.91 bits per heavy atom. The van der Waals surface area contributed by atoms with Gasteiger partial charge < -0.3 is 10.2 Å². The number of carbonyl (C=O) groups excluding carboxylic acids is 1. The van der Waals surface area contributed by atoms with Gasteiger partial charge in [0.2, 0.25) is 5.91 Å². The van der Waals surface area contributed by atoms with Crippen molar-refractivity contribution in [1.29, 1.82) is 0 Å². The Balaban J connectivity index is 1.64. The maximum atomic E-state index is 13.1. The maximum absolute atomic E-state index is 13.1. The van der Waals surface area contributed by atoms with Crippen molar-refractivity contribution in [3.05, 3.63) is 30.1 Å². The maximum Gasteiger partial charge on any atom is 0.232 e. The van der Waals surface area contributed by atoms with Gasteiger partial charge in [-0.3, -0.25) is 9.69 Å². The van der Waals surface area contributed by atoms with Crippen molar-refractivity contribution in [3.63, 3.8) is 0 Å². The average molecular weight is 337 g/mol. The third-order valence-corrected chi connectivity index (χ3v) is 6.08. The van der Waals surface area contributed by atoms with E-state index in [4.69, 9.17) is 0 Å². The molecule has 1 atom stereocenters. The molecule has 1 aromatic rings. The van der Waals surface area contributed by atoms with Gasteiger partial charge in [0.05, 0.1) is 5.75 Å². The summed E-state index contributed by atoms with van der Waals surface area (Å²) in [7, 11) is 0. The van der Waals surface area contributed by atoms with E-state index in [9.17, 15) is 9.18 Å². The van der Waals surface area contributed by atoms with Crippen LogP contribution in [0, 0.1) is 5.82 Å². The summed E-state index contributed by atoms with van der Waals surface area (Å²) in [5.41, 5.74) is 1.07. The zero-order chi connectivity index (χ0) is 16.3. The van der Waals surface area contributed by atoms with Crippen molar-refractivity contribution in [2.24, 2.45) is 0 Å². The van der Waals surface area contributed by atoms with Crippen molar-refractivity contribution >= 4 is 23.4 Å². The molecule has 126 valence electrons. The van der Waals surface area contributed by atoms with Crippen molar-refractivity contribution in [2.45, 2.75) is 31.2 Å². The van der Waals surface area contributed by atoms with Crippen LogP contribution in [0.1, 0.15) is 26.2 Å². The summed E-state index contributed by atoms with van der Waals surface area (Å²) in [6, 6.07) is 6.70. The highest BCUT2D eigenvalue weighted by Crippen LogP contribution is 2.37. The Hall–Kier alpha value is -1.27. The molecule has 2 fully saturated rings. The molecular weight excluding hydrogens is 313 g/mol. The van der Waals surface area contributed by atoms with E-state index in [1.54, 1.807) is 11.8 Å². The summed E-state index contributed by atoms with van der Waals surface area (Å²) in [6.07, 6.45) is 3.25. The molecule has 0 aliphatic carbocycles. The first-order chi connectivity index (χ1) is 11.1. The number of unbranched alkanes of at least 4 members (excludes halogenated alkanes) is 1. The molecule has 2 aliphatic heterocycles. The molecule has 0 spiro atoms. The number of piperazine rings is 1. The van der Waals surface area contributed by atoms with E-state index >= 15 is 0 Å². The van der Waals surface area contributed by atoms with Crippen LogP contribution in [0.4, 0.5) is 10.1 Å². The first-order valence-corrected chi connectivity index (χ1v) is 9.32. The molecule has 0 saturated carbocycles. The van der Waals surface area contributed by atoms with Crippen LogP contribution in [-0.4, -0.2) is 47.7 Å². The zero-order valence-corrected chi connectivity index (χ0v) is 14.4. The van der Waals surface area contributed by atoms with Gasteiger partial charge in [-0.15, -0.1) is 11.8 Å². The smallest absolute Gasteiger partial charge is 0.232 e. The predicted octanol–water partition coefficient (Wildman–Crippen LogP) is 2.65. The zero-order valence-electron chi connectivity index (χ0n) is 13.6. The van der Waals surface area contributed by atoms with E-state index < -0.39 is 0 Å². The Morgan fingerprint density at radius 1 is 1.22 bits per heavy atom. The largest absolute Gasteiger partial charge is 0.369 e. The molecular formula is C17H24FN3OS. The van der Waals surface area contributed by atoms with Gasteiger partial charge >= 0.3 is 0 Å². The Labute approximate surface area is 141 Å². The number of nitrogens with zero attached hydrogens (tertiary/aromatic N) is 2. The van der Waals surface area contributed by atoms with Crippen LogP contribution in [0.25, 0.3) is 0 Å². The molecule has 23 heavy (non-hydrogen) atoms. The number of benzene rings is 1. The van der Waals surface area contributed by atoms with E-state index in [1.807, 2.05) is 12.1 Å². The predicted molar refractivity (Wildman–Crippen MR) is 93.0 cm³/mol. The number of hydrogen-bond donors (Lipinski definition) is 1. The lowest BCUT2D eigenvalue weighted by Crippen LogP contribution is -2.60. The number of hydrogen-bond acceptors (Lipinski definition) is 4. The number of rotatable bonds is 5. The minimum atomic E-state index is -0.220. The van der Waals surface area contributed by atoms with Crippen molar-refractivity contribution in [3.8, 4) is 0 Å². The molecule has 3 rings (SSSR count). The molecule has 2 heterocycles. The standard InChI is InChI=1S/C17H24FN3OS/c1-2-3-8-17(19-16(22)13-23-17)21-11-9-20(10-12-21)15-6-4-14(18)5-7-15/h4-7H,2-3,8-13H2,1H3,(H,19,22). The normalized spacial score (nSPS) is 25.7. The lowest BCUT2D eigenvalue weighted by molar-refractivity contribution is -0.120. The fourth-order valence-electron chi connectivity index (χ4n) is 3.33. The summed E-state index contributed by atoms with van der Waals surface area (Å²) in [4.78, 5) is 16.3. The number of nitrogens with one attached hydrogen (secondary N) is 1. The number of halogens is 1. The van der Waals surface area contributed by atoms with E-state index in [0.717, 1.165) is 51.1 Å². The summed E-state index contributed by atoms with van der Waals surface area (Å²) < 4.78 is 13.1. The van der Waals surface area contributed by atoms with Crippen LogP contribution in [0.5, 0.6) is 0 Å². The van der Waals surface area contributed by atoms with Crippen molar-refractivity contribution in [2.75, 3.05) is 36.8 Å². The van der Waals surface area contributed by atoms with Crippen molar-refractivity contribution < 1.29 is 9.18 Å². The summed E-state index contributed by atoms with van der Waals surface area (Å²) in [5.74, 6) is 0.505. The monoisotopic (exact) mass is 337 g/mol. The Kier molecular flexibility index (Phi) is 5.11. The lowest BCUT2D eigenvalue weighted by atomic mass is 10.1. The molecule has 2 aliphatic rings. The van der Waals surface area contributed by atoms with Gasteiger partial charge in [0.15, 0.2) is 0 Å². The first kappa shape index (κ1) is 16.6. The second-order valence-corrected chi connectivity index (χ2v) is 7.43. The first-order valence-electron chi connectivity index (χ1n) is 8.33. The molecule has 1 N–H and O–H groups in total. The van der Waals surface area contributed by atoms with E-state index in [0.29, 0.717) is 5.75 Å². The second-order valence-electron chi connectivity index (χ2n) is 6.18. The van der Waals surface area contributed by atoms with E-state index in [1.165, 1.54) is 12.1 Å². The van der Waals surface area contributed by atoms with Crippen LogP contribution in [0.2, 0.25) is 0 Å². The van der Waals surface area contributed by atoms with Gasteiger partial charge in [0, 0.05) is 31.9 Å². The quantitative estimate of drug-likeness (QED) is 0.896. The van der Waals surface area contributed by atoms with E-state index in [-0.39, 0.29) is 16.7 Å². The molecule has 4 nitrogen and oxygen atoms in total. The Bertz CT molecular complexity index is 545. The SMILES string of the molecule is CCCCC1(N2CCN(c3ccc(F)cc3)CC2)NC(=O)CS1. The highest BCUT2D eigenvalue weighted by Gasteiger charge is 2.44. The van der Waals surface area contributed by atoms with Crippen LogP contribution < -0.4 is 10.2 Å². The highest BCUT2D eigenvalue weighted by molar-refractivity contribution is 8.01. The third-order valence-electron chi connectivity index (χ3n) is 4.63. The molecule has 0 aromatic heterocycles. The summed E-state index contributed by atoms with van der Waals surface area (Å²) in [6.45, 7) is 5.80. The molecule has 1 aromatic carbocycles. The van der Waals surface area contributed by atoms with Crippen molar-refractivity contribution in [1.82, 2.24) is 10.2 Å². The van der Waals surface area contributed by atoms with Gasteiger partial charge in [-0.05, 0) is 37.1 Å². The highest BCUT2D eigenvalue weighted by atomic mass is 32.2. The van der Waals surface area contributed by atoms with Gasteiger partial charge in [-0.25, -0.2) is 4.39 Å². The lowest BCUT2D eigenvalue weighted by Gasteiger charge is -2.45. The topological polar surface area (TPSA) is 35.6 Å². The number of carbonyl (C=O) groups is 1. The van der Waals surface area contributed by atoms with Crippen LogP contribution in [-0.2, 0) is 4.79 Å². The minimum Gasteiger partial charge on any atom is -0.369 e. The summed E-state index contributed by atoms with van der Waals surface area (Å²) >= 11 is 1.74. The summed E-state index contributed by atoms with van der Waals surface area (Å²) in [5, 5.41) is 3.22. The van der Waals surface area contributed by atoms with Gasteiger partial charge in [0.25, 0.3) is 0 Å². The van der Waals surface area contributed by atoms with Crippen LogP contribution in [0.15, 0.2) is 24.3 Å². The second kappa shape index (κ2) is 7.09. The van der Waals surface area contributed by atoms with Gasteiger partial charge in [0.1, 0.15) is 10.8 Å². The molecule has 2 saturated heterocycles. The van der Waals surface area contributed by atoms with E-state index in [2.05, 4.69) is 22.0 Å². The van der Waals surface area contributed by atoms with Crippen LogP contribution in [0.3, 0.4) is 0 Å². The third kappa shape index (κ3) is 3.63. The Morgan fingerprint density at radius 3 is 2.48 bits per heavy atom. The minimum absolute atomic E-state index is 0.145. The molecule has 6 heteroatoms. The molecule has 1 amide bonds. The number of thioether (sulfide) groups is 1. The fraction of sp³-hybridized carbons (Fsp3) is 0.588. The van der Waals surface area contributed by atoms with Gasteiger partial charge in [-0.2, -0.15) is 0 Å². The number of amides is 1. The average Bonchev–Trinajstić information content (AvgIpc) is 2.96. The molecule has 1 unspecified atom stereocenters. The van der Waals surface area contributed by atoms with Gasteiger partial charge in [-0.1, -0.05) is 13.3 Å².